The highest BCUT2D eigenvalue weighted by Gasteiger charge is 2.48. The smallest absolute Gasteiger partial charge is 0.308 e. The Kier molecular flexibility index (Phi) is 10.2. The molecule has 0 aromatic heterocycles. The molecule has 3 atom stereocenters. The Morgan fingerprint density at radius 1 is 1.00 bits per heavy atom. The number of fused-ring (bicyclic) bond motifs is 1. The van der Waals surface area contributed by atoms with Crippen LogP contribution in [0, 0.1) is 5.92 Å². The highest BCUT2D eigenvalue weighted by Crippen LogP contribution is 2.44. The third-order valence-corrected chi connectivity index (χ3v) is 8.75. The normalized spacial score (nSPS) is 19.3. The first-order valence-electron chi connectivity index (χ1n) is 15.2. The summed E-state index contributed by atoms with van der Waals surface area (Å²) in [6.45, 7) is 2.85. The van der Waals surface area contributed by atoms with E-state index in [0.717, 1.165) is 35.2 Å². The van der Waals surface area contributed by atoms with Crippen LogP contribution in [0.2, 0.25) is 0 Å². The molecule has 0 spiro atoms. The van der Waals surface area contributed by atoms with Crippen molar-refractivity contribution in [3.8, 4) is 11.5 Å². The number of amides is 1. The summed E-state index contributed by atoms with van der Waals surface area (Å²) in [5.41, 5.74) is 10.4. The first-order valence-corrected chi connectivity index (χ1v) is 15.2. The van der Waals surface area contributed by atoms with Crippen LogP contribution in [0.3, 0.4) is 0 Å². The fourth-order valence-corrected chi connectivity index (χ4v) is 6.48. The fraction of sp³-hybridized carbons (Fsp3) is 0.412. The van der Waals surface area contributed by atoms with E-state index in [-0.39, 0.29) is 32.5 Å². The molecule has 0 bridgehead atoms. The Bertz CT molecular complexity index is 1480. The van der Waals surface area contributed by atoms with Crippen molar-refractivity contribution in [2.45, 2.75) is 57.9 Å². The van der Waals surface area contributed by atoms with E-state index in [1.807, 2.05) is 53.4 Å². The van der Waals surface area contributed by atoms with Crippen LogP contribution in [0.25, 0.3) is 0 Å². The van der Waals surface area contributed by atoms with Crippen LogP contribution in [-0.2, 0) is 35.8 Å². The maximum atomic E-state index is 14.1. The zero-order valence-electron chi connectivity index (χ0n) is 25.0. The van der Waals surface area contributed by atoms with Gasteiger partial charge in [0.25, 0.3) is 0 Å². The lowest BCUT2D eigenvalue weighted by molar-refractivity contribution is -0.143. The summed E-state index contributed by atoms with van der Waals surface area (Å²) in [5.74, 6) is -1.52. The van der Waals surface area contributed by atoms with Crippen molar-refractivity contribution in [1.82, 2.24) is 4.90 Å². The molecule has 234 valence electrons. The van der Waals surface area contributed by atoms with E-state index in [1.54, 1.807) is 17.0 Å². The number of aliphatic hydroxyl groups excluding tert-OH is 2. The van der Waals surface area contributed by atoms with Crippen LogP contribution >= 0.6 is 0 Å². The van der Waals surface area contributed by atoms with Gasteiger partial charge in [-0.3, -0.25) is 14.5 Å². The largest absolute Gasteiger partial charge is 0.481 e. The van der Waals surface area contributed by atoms with Gasteiger partial charge in [-0.25, -0.2) is 0 Å². The maximum absolute atomic E-state index is 14.1. The second-order valence-electron chi connectivity index (χ2n) is 11.4. The SMILES string of the molecule is CCCCN(C(=O)CN1C[C@H](c2cc(CO)c3c(c2)OCO3)[C@@H](C(=O)O)[C@@H]1Cc1ccccc1CO)c1cccc(CN)c1. The number of carbonyl (C=O) groups excluding carboxylic acids is 1. The van der Waals surface area contributed by atoms with Gasteiger partial charge in [0.05, 0.1) is 25.7 Å². The minimum atomic E-state index is -0.974. The molecule has 0 saturated carbocycles. The van der Waals surface area contributed by atoms with E-state index < -0.39 is 23.8 Å². The first kappa shape index (κ1) is 31.5. The average molecular weight is 604 g/mol. The van der Waals surface area contributed by atoms with E-state index in [4.69, 9.17) is 15.2 Å². The number of carbonyl (C=O) groups is 2. The molecule has 1 fully saturated rings. The molecule has 3 aromatic carbocycles. The van der Waals surface area contributed by atoms with E-state index >= 15 is 0 Å². The highest BCUT2D eigenvalue weighted by molar-refractivity contribution is 5.95. The number of nitrogens with zero attached hydrogens (tertiary/aromatic N) is 2. The van der Waals surface area contributed by atoms with Crippen molar-refractivity contribution in [3.63, 3.8) is 0 Å². The van der Waals surface area contributed by atoms with Gasteiger partial charge < -0.3 is 35.4 Å². The van der Waals surface area contributed by atoms with Crippen LogP contribution in [0.15, 0.2) is 60.7 Å². The second-order valence-corrected chi connectivity index (χ2v) is 11.4. The molecule has 2 aliphatic heterocycles. The molecule has 44 heavy (non-hydrogen) atoms. The van der Waals surface area contributed by atoms with Gasteiger partial charge >= 0.3 is 5.97 Å². The molecule has 10 heteroatoms. The average Bonchev–Trinajstić information content (AvgIpc) is 3.66. The zero-order chi connectivity index (χ0) is 31.2. The Morgan fingerprint density at radius 2 is 1.77 bits per heavy atom. The van der Waals surface area contributed by atoms with E-state index in [2.05, 4.69) is 6.92 Å². The van der Waals surface area contributed by atoms with Crippen molar-refractivity contribution < 1.29 is 34.4 Å². The van der Waals surface area contributed by atoms with Gasteiger partial charge in [-0.1, -0.05) is 49.7 Å². The summed E-state index contributed by atoms with van der Waals surface area (Å²) < 4.78 is 11.2. The van der Waals surface area contributed by atoms with Crippen LogP contribution < -0.4 is 20.1 Å². The molecule has 10 nitrogen and oxygen atoms in total. The monoisotopic (exact) mass is 603 g/mol. The Balaban J connectivity index is 1.53. The minimum Gasteiger partial charge on any atom is -0.481 e. The van der Waals surface area contributed by atoms with Crippen LogP contribution in [-0.4, -0.2) is 64.6 Å². The topological polar surface area (TPSA) is 146 Å². The number of likely N-dealkylation sites (tertiary alicyclic amines) is 1. The lowest BCUT2D eigenvalue weighted by Gasteiger charge is -2.30. The van der Waals surface area contributed by atoms with Gasteiger partial charge in [0.1, 0.15) is 0 Å². The molecule has 2 heterocycles. The fourth-order valence-electron chi connectivity index (χ4n) is 6.48. The molecular formula is C34H41N3O7. The van der Waals surface area contributed by atoms with Crippen molar-refractivity contribution >= 4 is 17.6 Å². The molecule has 0 unspecified atom stereocenters. The number of rotatable bonds is 13. The van der Waals surface area contributed by atoms with Crippen molar-refractivity contribution in [2.24, 2.45) is 11.7 Å². The number of nitrogens with two attached hydrogens (primary N) is 1. The predicted molar refractivity (Wildman–Crippen MR) is 165 cm³/mol. The molecule has 0 radical (unpaired) electrons. The van der Waals surface area contributed by atoms with Gasteiger partial charge in [0.2, 0.25) is 12.7 Å². The predicted octanol–water partition coefficient (Wildman–Crippen LogP) is 3.40. The van der Waals surface area contributed by atoms with Crippen LogP contribution in [0.1, 0.15) is 53.5 Å². The number of aliphatic carboxylic acids is 1. The third kappa shape index (κ3) is 6.58. The van der Waals surface area contributed by atoms with Crippen molar-refractivity contribution in [2.75, 3.05) is 31.3 Å². The summed E-state index contributed by atoms with van der Waals surface area (Å²) in [7, 11) is 0. The van der Waals surface area contributed by atoms with Gasteiger partial charge in [-0.15, -0.1) is 0 Å². The number of anilines is 1. The first-order chi connectivity index (χ1) is 21.4. The van der Waals surface area contributed by atoms with Gasteiger partial charge in [-0.05, 0) is 59.4 Å². The number of hydrogen-bond acceptors (Lipinski definition) is 8. The summed E-state index contributed by atoms with van der Waals surface area (Å²) in [5, 5.41) is 30.7. The third-order valence-electron chi connectivity index (χ3n) is 8.75. The Labute approximate surface area is 257 Å². The number of benzene rings is 3. The summed E-state index contributed by atoms with van der Waals surface area (Å²) in [6, 6.07) is 18.1. The molecular weight excluding hydrogens is 562 g/mol. The van der Waals surface area contributed by atoms with Crippen molar-refractivity contribution in [3.05, 3.63) is 88.5 Å². The number of ether oxygens (including phenoxy) is 2. The van der Waals surface area contributed by atoms with Crippen molar-refractivity contribution in [1.29, 1.82) is 0 Å². The van der Waals surface area contributed by atoms with Gasteiger partial charge in [-0.2, -0.15) is 0 Å². The zero-order valence-corrected chi connectivity index (χ0v) is 25.0. The van der Waals surface area contributed by atoms with Crippen LogP contribution in [0.5, 0.6) is 11.5 Å². The Morgan fingerprint density at radius 3 is 2.48 bits per heavy atom. The number of hydrogen-bond donors (Lipinski definition) is 4. The molecule has 1 amide bonds. The molecule has 3 aromatic rings. The summed E-state index contributed by atoms with van der Waals surface area (Å²) in [6.07, 6.45) is 2.06. The van der Waals surface area contributed by atoms with Gasteiger partial charge in [0, 0.05) is 42.8 Å². The number of aliphatic hydroxyl groups is 2. The highest BCUT2D eigenvalue weighted by atomic mass is 16.7. The lowest BCUT2D eigenvalue weighted by atomic mass is 9.82. The second kappa shape index (κ2) is 14.2. The number of carboxylic acids is 1. The van der Waals surface area contributed by atoms with E-state index in [9.17, 15) is 24.9 Å². The quantitative estimate of drug-likeness (QED) is 0.231. The Hall–Kier alpha value is -3.96. The van der Waals surface area contributed by atoms with Gasteiger partial charge in [0.15, 0.2) is 11.5 Å². The molecule has 0 aliphatic carbocycles. The maximum Gasteiger partial charge on any atom is 0.308 e. The molecule has 5 rings (SSSR count). The van der Waals surface area contributed by atoms with E-state index in [1.165, 1.54) is 0 Å². The lowest BCUT2D eigenvalue weighted by Crippen LogP contribution is -2.45. The number of unbranched alkanes of at least 4 members (excludes halogenated alkanes) is 1. The number of carboxylic acid groups (broad SMARTS) is 1. The minimum absolute atomic E-state index is 0.0141. The standard InChI is InChI=1S/C34H41N3O7/c1-2-3-11-37(27-10-6-7-22(12-27)16-35)31(40)18-36-17-28(25-13-26(20-39)33-30(15-25)43-21-44-33)32(34(41)42)29(36)14-23-8-4-5-9-24(23)19-38/h4-10,12-13,15,28-29,32,38-39H,2-3,11,14,16-21,35H2,1H3,(H,41,42)/t28-,29+,32-/m1/s1. The van der Waals surface area contributed by atoms with E-state index in [0.29, 0.717) is 48.7 Å². The molecule has 2 aliphatic rings. The summed E-state index contributed by atoms with van der Waals surface area (Å²) >= 11 is 0. The van der Waals surface area contributed by atoms with Crippen LogP contribution in [0.4, 0.5) is 5.69 Å². The molecule has 1 saturated heterocycles. The molecule has 5 N–H and O–H groups in total. The summed E-state index contributed by atoms with van der Waals surface area (Å²) in [4.78, 5) is 30.9.